The van der Waals surface area contributed by atoms with E-state index >= 15 is 0 Å². The van der Waals surface area contributed by atoms with E-state index in [1.165, 1.54) is 18.8 Å². The lowest BCUT2D eigenvalue weighted by Gasteiger charge is -2.15. The molecule has 0 saturated carbocycles. The molecular weight excluding hydrogens is 448 g/mol. The largest absolute Gasteiger partial charge is 0.493 e. The van der Waals surface area contributed by atoms with Crippen LogP contribution in [-0.4, -0.2) is 41.9 Å². The Labute approximate surface area is 195 Å². The molecule has 2 heterocycles. The fourth-order valence-corrected chi connectivity index (χ4v) is 4.02. The Balaban J connectivity index is 1.47. The summed E-state index contributed by atoms with van der Waals surface area (Å²) in [7, 11) is 1.56. The number of nitrogens with zero attached hydrogens (tertiary/aromatic N) is 2. The molecule has 1 aliphatic rings. The number of aromatic nitrogens is 2. The minimum Gasteiger partial charge on any atom is -0.493 e. The number of halogens is 2. The number of benzene rings is 2. The van der Waals surface area contributed by atoms with Crippen molar-refractivity contribution < 1.29 is 18.3 Å². The van der Waals surface area contributed by atoms with Gasteiger partial charge in [0.25, 0.3) is 0 Å². The van der Waals surface area contributed by atoms with Gasteiger partial charge in [-0.25, -0.2) is 18.7 Å². The van der Waals surface area contributed by atoms with E-state index < -0.39 is 11.6 Å². The molecule has 0 spiro atoms. The maximum Gasteiger partial charge on any atom is 0.176 e. The number of fused-ring (bicyclic) bond motifs is 1. The predicted octanol–water partition coefficient (Wildman–Crippen LogP) is 4.49. The van der Waals surface area contributed by atoms with Crippen LogP contribution in [0, 0.1) is 17.6 Å². The van der Waals surface area contributed by atoms with Gasteiger partial charge in [0.05, 0.1) is 19.2 Å². The zero-order chi connectivity index (χ0) is 23.2. The van der Waals surface area contributed by atoms with Gasteiger partial charge in [-0.15, -0.1) is 0 Å². The molecule has 4 rings (SSSR count). The van der Waals surface area contributed by atoms with Crippen LogP contribution >= 0.6 is 12.2 Å². The van der Waals surface area contributed by atoms with E-state index in [2.05, 4.69) is 25.9 Å². The Morgan fingerprint density at radius 1 is 1.18 bits per heavy atom. The highest BCUT2D eigenvalue weighted by molar-refractivity contribution is 7.80. The molecule has 33 heavy (non-hydrogen) atoms. The molecule has 174 valence electrons. The first-order valence-corrected chi connectivity index (χ1v) is 11.1. The third kappa shape index (κ3) is 5.63. The number of para-hydroxylation sites is 1. The van der Waals surface area contributed by atoms with Crippen molar-refractivity contribution in [2.75, 3.05) is 37.4 Å². The van der Waals surface area contributed by atoms with Gasteiger partial charge < -0.3 is 25.4 Å². The molecule has 3 aromatic rings. The molecule has 0 amide bonds. The monoisotopic (exact) mass is 473 g/mol. The van der Waals surface area contributed by atoms with Crippen LogP contribution in [0.15, 0.2) is 36.7 Å². The third-order valence-corrected chi connectivity index (χ3v) is 5.73. The molecule has 1 fully saturated rings. The van der Waals surface area contributed by atoms with Crippen LogP contribution in [0.1, 0.15) is 19.3 Å². The molecule has 0 bridgehead atoms. The molecule has 1 saturated heterocycles. The van der Waals surface area contributed by atoms with Gasteiger partial charge in [0, 0.05) is 11.5 Å². The third-order valence-electron chi connectivity index (χ3n) is 5.53. The van der Waals surface area contributed by atoms with Gasteiger partial charge in [-0.1, -0.05) is 6.07 Å². The molecule has 10 heteroatoms. The van der Waals surface area contributed by atoms with Crippen LogP contribution in [0.2, 0.25) is 0 Å². The van der Waals surface area contributed by atoms with Gasteiger partial charge in [-0.3, -0.25) is 0 Å². The zero-order valence-corrected chi connectivity index (χ0v) is 19.0. The first-order valence-electron chi connectivity index (χ1n) is 10.7. The van der Waals surface area contributed by atoms with Crippen LogP contribution in [0.3, 0.4) is 0 Å². The summed E-state index contributed by atoms with van der Waals surface area (Å²) in [5, 5.41) is 9.40. The summed E-state index contributed by atoms with van der Waals surface area (Å²) in [6.45, 7) is 2.75. The molecule has 0 aliphatic carbocycles. The van der Waals surface area contributed by atoms with E-state index in [-0.39, 0.29) is 10.8 Å². The molecule has 1 atom stereocenters. The second-order valence-corrected chi connectivity index (χ2v) is 8.18. The first kappa shape index (κ1) is 23.1. The standard InChI is InChI=1S/C23H25F2N5O2S/c1-31-19-10-15-18(11-20(19)32-9-3-4-14-7-8-26-12-14)27-13-28-22(15)30-23(33)29-21-16(24)5-2-6-17(21)25/h2,5-6,10-11,13-14,26H,3-4,7-9,12H2,1H3,(H2,27,28,29,30,33). The van der Waals surface area contributed by atoms with Crippen molar-refractivity contribution in [1.82, 2.24) is 15.3 Å². The van der Waals surface area contributed by atoms with Crippen molar-refractivity contribution in [1.29, 1.82) is 0 Å². The quantitative estimate of drug-likeness (QED) is 0.326. The van der Waals surface area contributed by atoms with E-state index in [0.717, 1.165) is 38.1 Å². The normalized spacial score (nSPS) is 15.4. The second kappa shape index (κ2) is 10.7. The summed E-state index contributed by atoms with van der Waals surface area (Å²) in [4.78, 5) is 8.53. The Hall–Kier alpha value is -3.11. The van der Waals surface area contributed by atoms with Gasteiger partial charge in [-0.2, -0.15) is 0 Å². The summed E-state index contributed by atoms with van der Waals surface area (Å²) in [5.74, 6) is 0.700. The molecule has 7 nitrogen and oxygen atoms in total. The van der Waals surface area contributed by atoms with Crippen molar-refractivity contribution in [3.8, 4) is 11.5 Å². The summed E-state index contributed by atoms with van der Waals surface area (Å²) < 4.78 is 39.3. The lowest BCUT2D eigenvalue weighted by Crippen LogP contribution is -2.21. The summed E-state index contributed by atoms with van der Waals surface area (Å²) in [6.07, 6.45) is 4.66. The highest BCUT2D eigenvalue weighted by atomic mass is 32.1. The van der Waals surface area contributed by atoms with E-state index in [0.29, 0.717) is 40.7 Å². The van der Waals surface area contributed by atoms with Crippen LogP contribution in [0.25, 0.3) is 10.9 Å². The molecule has 3 N–H and O–H groups in total. The average molecular weight is 474 g/mol. The fourth-order valence-electron chi connectivity index (χ4n) is 3.82. The lowest BCUT2D eigenvalue weighted by molar-refractivity contribution is 0.278. The molecule has 0 radical (unpaired) electrons. The summed E-state index contributed by atoms with van der Waals surface area (Å²) in [5.41, 5.74) is 0.276. The number of hydrogen-bond donors (Lipinski definition) is 3. The van der Waals surface area contributed by atoms with Gasteiger partial charge >= 0.3 is 0 Å². The molecule has 2 aromatic carbocycles. The Morgan fingerprint density at radius 3 is 2.73 bits per heavy atom. The van der Waals surface area contributed by atoms with Crippen molar-refractivity contribution >= 4 is 39.7 Å². The molecule has 1 unspecified atom stereocenters. The van der Waals surface area contributed by atoms with Crippen molar-refractivity contribution in [2.45, 2.75) is 19.3 Å². The van der Waals surface area contributed by atoms with Crippen LogP contribution in [0.4, 0.5) is 20.3 Å². The number of rotatable bonds is 8. The second-order valence-electron chi connectivity index (χ2n) is 7.77. The van der Waals surface area contributed by atoms with Gasteiger partial charge in [0.2, 0.25) is 0 Å². The molecular formula is C23H25F2N5O2S. The van der Waals surface area contributed by atoms with Gasteiger partial charge in [0.1, 0.15) is 29.5 Å². The fraction of sp³-hybridized carbons (Fsp3) is 0.348. The SMILES string of the molecule is COc1cc2c(NC(=S)Nc3c(F)cccc3F)ncnc2cc1OCCCC1CCNC1. The van der Waals surface area contributed by atoms with Gasteiger partial charge in [0.15, 0.2) is 16.6 Å². The number of methoxy groups -OCH3 is 1. The van der Waals surface area contributed by atoms with Crippen molar-refractivity contribution in [3.63, 3.8) is 0 Å². The van der Waals surface area contributed by atoms with Crippen LogP contribution in [0.5, 0.6) is 11.5 Å². The van der Waals surface area contributed by atoms with Gasteiger partial charge in [-0.05, 0) is 68.7 Å². The first-order chi connectivity index (χ1) is 16.0. The number of hydrogen-bond acceptors (Lipinski definition) is 6. The highest BCUT2D eigenvalue weighted by Gasteiger charge is 2.16. The topological polar surface area (TPSA) is 80.3 Å². The predicted molar refractivity (Wildman–Crippen MR) is 128 cm³/mol. The molecule has 1 aromatic heterocycles. The van der Waals surface area contributed by atoms with Crippen LogP contribution < -0.4 is 25.4 Å². The number of nitrogens with one attached hydrogen (secondary N) is 3. The zero-order valence-electron chi connectivity index (χ0n) is 18.2. The summed E-state index contributed by atoms with van der Waals surface area (Å²) in [6, 6.07) is 7.10. The van der Waals surface area contributed by atoms with Crippen LogP contribution in [-0.2, 0) is 0 Å². The van der Waals surface area contributed by atoms with Crippen molar-refractivity contribution in [3.05, 3.63) is 48.3 Å². The molecule has 1 aliphatic heterocycles. The Morgan fingerprint density at radius 2 is 2.00 bits per heavy atom. The maximum atomic E-state index is 13.9. The Kier molecular flexibility index (Phi) is 7.46. The van der Waals surface area contributed by atoms with E-state index in [1.54, 1.807) is 19.2 Å². The number of anilines is 2. The number of thiocarbonyl (C=S) groups is 1. The minimum absolute atomic E-state index is 0.0142. The average Bonchev–Trinajstić information content (AvgIpc) is 3.32. The maximum absolute atomic E-state index is 13.9. The Bertz CT molecular complexity index is 1120. The number of ether oxygens (including phenoxy) is 2. The van der Waals surface area contributed by atoms with Crippen molar-refractivity contribution in [2.24, 2.45) is 5.92 Å². The summed E-state index contributed by atoms with van der Waals surface area (Å²) >= 11 is 5.23. The highest BCUT2D eigenvalue weighted by Crippen LogP contribution is 2.34. The lowest BCUT2D eigenvalue weighted by atomic mass is 10.0. The smallest absolute Gasteiger partial charge is 0.176 e. The van der Waals surface area contributed by atoms with E-state index in [4.69, 9.17) is 21.7 Å². The van der Waals surface area contributed by atoms with E-state index in [1.807, 2.05) is 0 Å². The van der Waals surface area contributed by atoms with E-state index in [9.17, 15) is 8.78 Å². The minimum atomic E-state index is -0.751.